The van der Waals surface area contributed by atoms with Gasteiger partial charge in [0.05, 0.1) is 24.5 Å². The van der Waals surface area contributed by atoms with Gasteiger partial charge in [-0.05, 0) is 48.9 Å². The summed E-state index contributed by atoms with van der Waals surface area (Å²) >= 11 is 0. The Balaban J connectivity index is 1.23. The Morgan fingerprint density at radius 2 is 1.87 bits per heavy atom. The van der Waals surface area contributed by atoms with Crippen LogP contribution in [0.25, 0.3) is 11.3 Å². The summed E-state index contributed by atoms with van der Waals surface area (Å²) in [6.07, 6.45) is 2.56. The summed E-state index contributed by atoms with van der Waals surface area (Å²) < 4.78 is 11.6. The summed E-state index contributed by atoms with van der Waals surface area (Å²) in [5, 5.41) is 19.3. The average molecular weight is 528 g/mol. The molecule has 0 saturated carbocycles. The molecule has 0 bridgehead atoms. The lowest BCUT2D eigenvalue weighted by Crippen LogP contribution is -2.45. The normalized spacial score (nSPS) is 16.9. The van der Waals surface area contributed by atoms with Gasteiger partial charge in [0, 0.05) is 62.9 Å². The van der Waals surface area contributed by atoms with Crippen molar-refractivity contribution < 1.29 is 19.4 Å². The SMILES string of the molecule is C[C@H](O)C(=O)N1CCC(Oc2ccc(-c3ccnc(Cc4ccc(N5CCOCC5)cc4)n3)cc2C#N)CC1. The van der Waals surface area contributed by atoms with Gasteiger partial charge in [0.25, 0.3) is 5.91 Å². The van der Waals surface area contributed by atoms with E-state index in [2.05, 4.69) is 40.2 Å². The van der Waals surface area contributed by atoms with Crippen molar-refractivity contribution in [3.8, 4) is 23.1 Å². The van der Waals surface area contributed by atoms with Crippen LogP contribution in [0.1, 0.15) is 36.7 Å². The van der Waals surface area contributed by atoms with Gasteiger partial charge >= 0.3 is 0 Å². The lowest BCUT2D eigenvalue weighted by Gasteiger charge is -2.33. The van der Waals surface area contributed by atoms with E-state index >= 15 is 0 Å². The monoisotopic (exact) mass is 527 g/mol. The van der Waals surface area contributed by atoms with E-state index in [4.69, 9.17) is 14.5 Å². The van der Waals surface area contributed by atoms with Gasteiger partial charge in [-0.1, -0.05) is 12.1 Å². The third kappa shape index (κ3) is 6.53. The van der Waals surface area contributed by atoms with Crippen LogP contribution in [0.3, 0.4) is 0 Å². The number of rotatable bonds is 7. The Morgan fingerprint density at radius 1 is 1.13 bits per heavy atom. The minimum absolute atomic E-state index is 0.0960. The molecule has 202 valence electrons. The Morgan fingerprint density at radius 3 is 2.56 bits per heavy atom. The van der Waals surface area contributed by atoms with E-state index in [0.717, 1.165) is 43.1 Å². The van der Waals surface area contributed by atoms with Crippen LogP contribution in [-0.2, 0) is 16.0 Å². The smallest absolute Gasteiger partial charge is 0.251 e. The van der Waals surface area contributed by atoms with E-state index in [9.17, 15) is 15.2 Å². The van der Waals surface area contributed by atoms with Crippen molar-refractivity contribution in [1.29, 1.82) is 5.26 Å². The number of hydrogen-bond acceptors (Lipinski definition) is 8. The Kier molecular flexibility index (Phi) is 8.35. The first-order valence-electron chi connectivity index (χ1n) is 13.4. The number of morpholine rings is 1. The number of aliphatic hydroxyl groups is 1. The number of carbonyl (C=O) groups is 1. The number of ether oxygens (including phenoxy) is 2. The number of carbonyl (C=O) groups excluding carboxylic acids is 1. The van der Waals surface area contributed by atoms with Crippen LogP contribution in [-0.4, -0.2) is 77.5 Å². The molecule has 0 aliphatic carbocycles. The summed E-state index contributed by atoms with van der Waals surface area (Å²) in [5.41, 5.74) is 4.34. The number of aliphatic hydroxyl groups excluding tert-OH is 1. The number of nitriles is 1. The fourth-order valence-corrected chi connectivity index (χ4v) is 4.99. The van der Waals surface area contributed by atoms with Crippen molar-refractivity contribution in [1.82, 2.24) is 14.9 Å². The highest BCUT2D eigenvalue weighted by atomic mass is 16.5. The van der Waals surface area contributed by atoms with Gasteiger partial charge in [-0.25, -0.2) is 9.97 Å². The average Bonchev–Trinajstić information content (AvgIpc) is 2.98. The maximum absolute atomic E-state index is 12.0. The lowest BCUT2D eigenvalue weighted by atomic mass is 10.1. The molecular formula is C30H33N5O4. The molecule has 9 heteroatoms. The first-order chi connectivity index (χ1) is 19.0. The molecule has 1 atom stereocenters. The standard InChI is InChI=1S/C30H33N5O4/c1-21(36)30(37)35-12-9-26(10-13-35)39-28-7-4-23(19-24(28)20-31)27-8-11-32-29(33-27)18-22-2-5-25(6-3-22)34-14-16-38-17-15-34/h2-8,11,19,21,26,36H,9-10,12-18H2,1H3/t21-/m0/s1. The molecule has 0 radical (unpaired) electrons. The van der Waals surface area contributed by atoms with Crippen LogP contribution in [0.15, 0.2) is 54.7 Å². The van der Waals surface area contributed by atoms with E-state index in [1.54, 1.807) is 17.2 Å². The van der Waals surface area contributed by atoms with E-state index in [1.165, 1.54) is 12.6 Å². The summed E-state index contributed by atoms with van der Waals surface area (Å²) in [4.78, 5) is 25.2. The van der Waals surface area contributed by atoms with Crippen LogP contribution < -0.4 is 9.64 Å². The third-order valence-corrected chi connectivity index (χ3v) is 7.18. The second kappa shape index (κ2) is 12.2. The molecule has 0 spiro atoms. The molecule has 2 aliphatic rings. The number of amides is 1. The Labute approximate surface area is 228 Å². The largest absolute Gasteiger partial charge is 0.489 e. The predicted molar refractivity (Wildman–Crippen MR) is 146 cm³/mol. The van der Waals surface area contributed by atoms with Crippen molar-refractivity contribution in [3.63, 3.8) is 0 Å². The number of hydrogen-bond donors (Lipinski definition) is 1. The predicted octanol–water partition coefficient (Wildman–Crippen LogP) is 3.19. The van der Waals surface area contributed by atoms with Gasteiger partial charge in [-0.2, -0.15) is 5.26 Å². The van der Waals surface area contributed by atoms with E-state index in [1.807, 2.05) is 18.2 Å². The van der Waals surface area contributed by atoms with Crippen molar-refractivity contribution >= 4 is 11.6 Å². The highest BCUT2D eigenvalue weighted by Gasteiger charge is 2.26. The van der Waals surface area contributed by atoms with Crippen molar-refractivity contribution in [2.75, 3.05) is 44.3 Å². The molecule has 5 rings (SSSR count). The molecular weight excluding hydrogens is 494 g/mol. The highest BCUT2D eigenvalue weighted by molar-refractivity contribution is 5.80. The lowest BCUT2D eigenvalue weighted by molar-refractivity contribution is -0.141. The number of aromatic nitrogens is 2. The molecule has 1 aromatic heterocycles. The van der Waals surface area contributed by atoms with Crippen LogP contribution in [0.5, 0.6) is 5.75 Å². The molecule has 9 nitrogen and oxygen atoms in total. The fourth-order valence-electron chi connectivity index (χ4n) is 4.99. The Bertz CT molecular complexity index is 1320. The molecule has 2 aromatic carbocycles. The zero-order valence-electron chi connectivity index (χ0n) is 22.1. The van der Waals surface area contributed by atoms with E-state index in [0.29, 0.717) is 49.5 Å². The number of likely N-dealkylation sites (tertiary alicyclic amines) is 1. The van der Waals surface area contributed by atoms with Gasteiger partial charge in [-0.3, -0.25) is 4.79 Å². The summed E-state index contributed by atoms with van der Waals surface area (Å²) in [7, 11) is 0. The molecule has 1 N–H and O–H groups in total. The molecule has 1 amide bonds. The zero-order valence-corrected chi connectivity index (χ0v) is 22.1. The summed E-state index contributed by atoms with van der Waals surface area (Å²) in [5.74, 6) is 0.977. The minimum Gasteiger partial charge on any atom is -0.489 e. The number of benzene rings is 2. The van der Waals surface area contributed by atoms with Gasteiger partial charge in [0.1, 0.15) is 29.9 Å². The number of anilines is 1. The minimum atomic E-state index is -0.997. The first-order valence-corrected chi connectivity index (χ1v) is 13.4. The second-order valence-corrected chi connectivity index (χ2v) is 9.94. The first kappa shape index (κ1) is 26.6. The maximum Gasteiger partial charge on any atom is 0.251 e. The molecule has 2 fully saturated rings. The second-order valence-electron chi connectivity index (χ2n) is 9.94. The molecule has 2 aliphatic heterocycles. The van der Waals surface area contributed by atoms with Gasteiger partial charge < -0.3 is 24.4 Å². The Hall–Kier alpha value is -4.00. The molecule has 0 unspecified atom stereocenters. The van der Waals surface area contributed by atoms with Gasteiger partial charge in [0.2, 0.25) is 0 Å². The topological polar surface area (TPSA) is 112 Å². The van der Waals surface area contributed by atoms with Crippen molar-refractivity contribution in [2.24, 2.45) is 0 Å². The molecule has 2 saturated heterocycles. The zero-order chi connectivity index (χ0) is 27.2. The third-order valence-electron chi connectivity index (χ3n) is 7.18. The summed E-state index contributed by atoms with van der Waals surface area (Å²) in [6.45, 7) is 5.86. The maximum atomic E-state index is 12.0. The van der Waals surface area contributed by atoms with Gasteiger partial charge in [-0.15, -0.1) is 0 Å². The van der Waals surface area contributed by atoms with Crippen molar-refractivity contribution in [2.45, 2.75) is 38.4 Å². The van der Waals surface area contributed by atoms with Gasteiger partial charge in [0.15, 0.2) is 0 Å². The van der Waals surface area contributed by atoms with Crippen LogP contribution in [0, 0.1) is 11.3 Å². The van der Waals surface area contributed by atoms with Crippen LogP contribution in [0.4, 0.5) is 5.69 Å². The van der Waals surface area contributed by atoms with Crippen molar-refractivity contribution in [3.05, 3.63) is 71.7 Å². The van der Waals surface area contributed by atoms with Crippen LogP contribution >= 0.6 is 0 Å². The fraction of sp³-hybridized carbons (Fsp3) is 0.400. The van der Waals surface area contributed by atoms with Crippen LogP contribution in [0.2, 0.25) is 0 Å². The highest BCUT2D eigenvalue weighted by Crippen LogP contribution is 2.28. The molecule has 3 heterocycles. The number of piperidine rings is 1. The molecule has 3 aromatic rings. The summed E-state index contributed by atoms with van der Waals surface area (Å²) in [6, 6.07) is 18.1. The van der Waals surface area contributed by atoms with E-state index in [-0.39, 0.29) is 12.0 Å². The quantitative estimate of drug-likeness (QED) is 0.499. The molecule has 39 heavy (non-hydrogen) atoms. The van der Waals surface area contributed by atoms with E-state index < -0.39 is 6.10 Å². The number of nitrogens with zero attached hydrogens (tertiary/aromatic N) is 5.